The Morgan fingerprint density at radius 3 is 2.76 bits per heavy atom. The van der Waals surface area contributed by atoms with Crippen LogP contribution in [-0.2, 0) is 6.42 Å². The Morgan fingerprint density at radius 2 is 2.00 bits per heavy atom. The Bertz CT molecular complexity index is 562. The molecular weight excluding hydrogens is 230 g/mol. The summed E-state index contributed by atoms with van der Waals surface area (Å²) in [6.45, 7) is 0. The molecule has 1 N–H and O–H groups in total. The van der Waals surface area contributed by atoms with Gasteiger partial charge in [-0.25, -0.2) is 0 Å². The van der Waals surface area contributed by atoms with Gasteiger partial charge in [-0.3, -0.25) is 0 Å². The maximum absolute atomic E-state index is 6.39. The SMILES string of the molecule is CNC1CCCc2c1cc(Cl)c1ccccc21. The van der Waals surface area contributed by atoms with Crippen LogP contribution in [-0.4, -0.2) is 7.05 Å². The van der Waals surface area contributed by atoms with Crippen molar-refractivity contribution in [2.45, 2.75) is 25.3 Å². The van der Waals surface area contributed by atoms with Crippen molar-refractivity contribution in [3.63, 3.8) is 0 Å². The summed E-state index contributed by atoms with van der Waals surface area (Å²) >= 11 is 6.39. The van der Waals surface area contributed by atoms with Crippen molar-refractivity contribution in [2.24, 2.45) is 0 Å². The highest BCUT2D eigenvalue weighted by Gasteiger charge is 2.21. The molecule has 0 bridgehead atoms. The second kappa shape index (κ2) is 4.32. The van der Waals surface area contributed by atoms with Gasteiger partial charge in [0.2, 0.25) is 0 Å². The lowest BCUT2D eigenvalue weighted by molar-refractivity contribution is 0.498. The maximum Gasteiger partial charge on any atom is 0.0487 e. The van der Waals surface area contributed by atoms with Crippen LogP contribution < -0.4 is 5.32 Å². The molecule has 0 fully saturated rings. The van der Waals surface area contributed by atoms with Crippen LogP contribution in [0.2, 0.25) is 5.02 Å². The molecular formula is C15H16ClN. The summed E-state index contributed by atoms with van der Waals surface area (Å²) in [6, 6.07) is 11.1. The molecule has 1 atom stereocenters. The van der Waals surface area contributed by atoms with Gasteiger partial charge in [-0.15, -0.1) is 0 Å². The lowest BCUT2D eigenvalue weighted by atomic mass is 9.84. The summed E-state index contributed by atoms with van der Waals surface area (Å²) < 4.78 is 0. The summed E-state index contributed by atoms with van der Waals surface area (Å²) in [4.78, 5) is 0. The highest BCUT2D eigenvalue weighted by atomic mass is 35.5. The van der Waals surface area contributed by atoms with E-state index in [-0.39, 0.29) is 0 Å². The Morgan fingerprint density at radius 1 is 1.24 bits per heavy atom. The minimum absolute atomic E-state index is 0.459. The maximum atomic E-state index is 6.39. The molecule has 2 aromatic carbocycles. The first-order chi connectivity index (χ1) is 8.31. The van der Waals surface area contributed by atoms with Gasteiger partial charge in [0.25, 0.3) is 0 Å². The second-order valence-electron chi connectivity index (χ2n) is 4.71. The molecule has 3 rings (SSSR count). The normalized spacial score (nSPS) is 19.3. The molecule has 0 heterocycles. The van der Waals surface area contributed by atoms with Gasteiger partial charge in [-0.1, -0.05) is 35.9 Å². The molecule has 1 unspecified atom stereocenters. The fraction of sp³-hybridized carbons (Fsp3) is 0.333. The van der Waals surface area contributed by atoms with Crippen molar-refractivity contribution in [3.05, 3.63) is 46.5 Å². The van der Waals surface area contributed by atoms with Gasteiger partial charge in [0.1, 0.15) is 0 Å². The van der Waals surface area contributed by atoms with Crippen molar-refractivity contribution in [1.29, 1.82) is 0 Å². The van der Waals surface area contributed by atoms with E-state index >= 15 is 0 Å². The molecule has 0 radical (unpaired) electrons. The van der Waals surface area contributed by atoms with Gasteiger partial charge < -0.3 is 5.32 Å². The van der Waals surface area contributed by atoms with E-state index < -0.39 is 0 Å². The van der Waals surface area contributed by atoms with E-state index in [9.17, 15) is 0 Å². The first-order valence-electron chi connectivity index (χ1n) is 6.18. The first kappa shape index (κ1) is 11.1. The standard InChI is InChI=1S/C15H16ClN/c1-17-15-8-4-7-11-10-5-2-3-6-12(10)14(16)9-13(11)15/h2-3,5-6,9,15,17H,4,7-8H2,1H3. The van der Waals surface area contributed by atoms with Crippen molar-refractivity contribution in [1.82, 2.24) is 5.32 Å². The third kappa shape index (κ3) is 1.74. The summed E-state index contributed by atoms with van der Waals surface area (Å²) in [6.07, 6.45) is 3.63. The summed E-state index contributed by atoms with van der Waals surface area (Å²) in [5.74, 6) is 0. The van der Waals surface area contributed by atoms with Gasteiger partial charge >= 0.3 is 0 Å². The van der Waals surface area contributed by atoms with Crippen LogP contribution >= 0.6 is 11.6 Å². The van der Waals surface area contributed by atoms with Gasteiger partial charge in [0, 0.05) is 16.5 Å². The molecule has 0 saturated heterocycles. The Kier molecular flexibility index (Phi) is 2.81. The number of rotatable bonds is 1. The number of halogens is 1. The van der Waals surface area contributed by atoms with Crippen LogP contribution in [0.1, 0.15) is 30.0 Å². The van der Waals surface area contributed by atoms with Crippen molar-refractivity contribution < 1.29 is 0 Å². The molecule has 88 valence electrons. The topological polar surface area (TPSA) is 12.0 Å². The van der Waals surface area contributed by atoms with Crippen molar-refractivity contribution in [2.75, 3.05) is 7.05 Å². The monoisotopic (exact) mass is 245 g/mol. The quantitative estimate of drug-likeness (QED) is 0.798. The zero-order valence-corrected chi connectivity index (χ0v) is 10.7. The largest absolute Gasteiger partial charge is 0.313 e. The molecule has 0 spiro atoms. The number of nitrogens with one attached hydrogen (secondary N) is 1. The van der Waals surface area contributed by atoms with Crippen molar-refractivity contribution in [3.8, 4) is 0 Å². The molecule has 0 aliphatic heterocycles. The molecule has 1 aliphatic rings. The zero-order valence-electron chi connectivity index (χ0n) is 9.96. The third-order valence-electron chi connectivity index (χ3n) is 3.78. The molecule has 1 aliphatic carbocycles. The summed E-state index contributed by atoms with van der Waals surface area (Å²) in [5, 5.41) is 6.78. The number of benzene rings is 2. The summed E-state index contributed by atoms with van der Waals surface area (Å²) in [5.41, 5.74) is 2.87. The van der Waals surface area contributed by atoms with E-state index in [1.165, 1.54) is 41.2 Å². The second-order valence-corrected chi connectivity index (χ2v) is 5.11. The fourth-order valence-corrected chi connectivity index (χ4v) is 3.22. The molecule has 17 heavy (non-hydrogen) atoms. The number of aryl methyl sites for hydroxylation is 1. The smallest absolute Gasteiger partial charge is 0.0487 e. The van der Waals surface area contributed by atoms with Crippen LogP contribution in [0.4, 0.5) is 0 Å². The lowest BCUT2D eigenvalue weighted by Crippen LogP contribution is -2.21. The highest BCUT2D eigenvalue weighted by molar-refractivity contribution is 6.35. The van der Waals surface area contributed by atoms with E-state index in [1.54, 1.807) is 0 Å². The third-order valence-corrected chi connectivity index (χ3v) is 4.10. The van der Waals surface area contributed by atoms with Crippen LogP contribution in [0, 0.1) is 0 Å². The molecule has 2 heteroatoms. The predicted octanol–water partition coefficient (Wildman–Crippen LogP) is 4.09. The van der Waals surface area contributed by atoms with Gasteiger partial charge in [0.05, 0.1) is 0 Å². The van der Waals surface area contributed by atoms with Crippen LogP contribution in [0.5, 0.6) is 0 Å². The highest BCUT2D eigenvalue weighted by Crippen LogP contribution is 2.37. The fourth-order valence-electron chi connectivity index (χ4n) is 2.94. The minimum atomic E-state index is 0.459. The number of fused-ring (bicyclic) bond motifs is 3. The van der Waals surface area contributed by atoms with Crippen LogP contribution in [0.3, 0.4) is 0 Å². The van der Waals surface area contributed by atoms with Crippen LogP contribution in [0.15, 0.2) is 30.3 Å². The van der Waals surface area contributed by atoms with E-state index in [0.717, 1.165) is 5.02 Å². The van der Waals surface area contributed by atoms with E-state index in [0.29, 0.717) is 6.04 Å². The van der Waals surface area contributed by atoms with Crippen LogP contribution in [0.25, 0.3) is 10.8 Å². The molecule has 2 aromatic rings. The Balaban J connectivity index is 2.32. The number of hydrogen-bond acceptors (Lipinski definition) is 1. The van der Waals surface area contributed by atoms with Crippen molar-refractivity contribution >= 4 is 22.4 Å². The molecule has 0 aromatic heterocycles. The predicted molar refractivity (Wildman–Crippen MR) is 73.7 cm³/mol. The minimum Gasteiger partial charge on any atom is -0.313 e. The van der Waals surface area contributed by atoms with E-state index in [1.807, 2.05) is 7.05 Å². The average Bonchev–Trinajstić information content (AvgIpc) is 2.39. The first-order valence-corrected chi connectivity index (χ1v) is 6.56. The lowest BCUT2D eigenvalue weighted by Gasteiger charge is -2.27. The van der Waals surface area contributed by atoms with Gasteiger partial charge in [0.15, 0.2) is 0 Å². The van der Waals surface area contributed by atoms with Gasteiger partial charge in [-0.2, -0.15) is 0 Å². The Hall–Kier alpha value is -1.05. The van der Waals surface area contributed by atoms with E-state index in [2.05, 4.69) is 35.6 Å². The number of hydrogen-bond donors (Lipinski definition) is 1. The molecule has 0 amide bonds. The van der Waals surface area contributed by atoms with Gasteiger partial charge in [-0.05, 0) is 48.9 Å². The van der Waals surface area contributed by atoms with E-state index in [4.69, 9.17) is 11.6 Å². The molecule has 1 nitrogen and oxygen atoms in total. The molecule has 0 saturated carbocycles. The average molecular weight is 246 g/mol. The summed E-state index contributed by atoms with van der Waals surface area (Å²) in [7, 11) is 2.03. The zero-order chi connectivity index (χ0) is 11.8. The Labute approximate surface area is 107 Å².